The maximum atomic E-state index is 14.3. The molecule has 1 atom stereocenters. The molecule has 7 nitrogen and oxygen atoms in total. The summed E-state index contributed by atoms with van der Waals surface area (Å²) >= 11 is 0. The highest BCUT2D eigenvalue weighted by atomic mass is 16.3. The van der Waals surface area contributed by atoms with Crippen molar-refractivity contribution in [2.24, 2.45) is 5.92 Å². The third kappa shape index (κ3) is 5.95. The summed E-state index contributed by atoms with van der Waals surface area (Å²) in [7, 11) is 0. The molecule has 1 unspecified atom stereocenters. The number of aliphatic hydroxyl groups excluding tert-OH is 1. The quantitative estimate of drug-likeness (QED) is 0.191. The van der Waals surface area contributed by atoms with Crippen molar-refractivity contribution in [3.63, 3.8) is 0 Å². The highest BCUT2D eigenvalue weighted by Crippen LogP contribution is 2.42. The lowest BCUT2D eigenvalue weighted by Crippen LogP contribution is -2.25. The number of nitrogens with zero attached hydrogens (tertiary/aromatic N) is 2. The fourth-order valence-corrected chi connectivity index (χ4v) is 5.15. The zero-order chi connectivity index (χ0) is 28.9. The number of carbonyl (C=O) groups is 2. The van der Waals surface area contributed by atoms with Gasteiger partial charge in [0.25, 0.3) is 0 Å². The monoisotopic (exact) mass is 546 g/mol. The Morgan fingerprint density at radius 1 is 0.854 bits per heavy atom. The Labute approximate surface area is 240 Å². The van der Waals surface area contributed by atoms with Gasteiger partial charge in [-0.1, -0.05) is 48.4 Å². The van der Waals surface area contributed by atoms with Gasteiger partial charge in [0.2, 0.25) is 0 Å². The Hall–Kier alpha value is -4.62. The Morgan fingerprint density at radius 3 is 2.10 bits per heavy atom. The molecule has 3 N–H and O–H groups in total. The van der Waals surface area contributed by atoms with Gasteiger partial charge in [-0.15, -0.1) is 0 Å². The predicted molar refractivity (Wildman–Crippen MR) is 163 cm³/mol. The maximum absolute atomic E-state index is 14.3. The van der Waals surface area contributed by atoms with Crippen LogP contribution in [0.1, 0.15) is 58.0 Å². The number of pyridine rings is 2. The molecule has 7 heteroatoms. The van der Waals surface area contributed by atoms with Gasteiger partial charge in [-0.3, -0.25) is 14.6 Å². The normalized spacial score (nSPS) is 13.4. The van der Waals surface area contributed by atoms with Crippen LogP contribution >= 0.6 is 0 Å². The average Bonchev–Trinajstić information content (AvgIpc) is 2.99. The molecule has 0 saturated carbocycles. The van der Waals surface area contributed by atoms with Crippen LogP contribution in [0, 0.1) is 19.8 Å². The van der Waals surface area contributed by atoms with Crippen molar-refractivity contribution in [2.45, 2.75) is 40.0 Å². The third-order valence-electron chi connectivity index (χ3n) is 7.41. The maximum Gasteiger partial charge on any atom is 0.192 e. The third-order valence-corrected chi connectivity index (χ3v) is 7.41. The van der Waals surface area contributed by atoms with Crippen LogP contribution in [0.25, 0.3) is 11.4 Å². The number of allylic oxidation sites excluding steroid dienone is 2. The van der Waals surface area contributed by atoms with E-state index in [4.69, 9.17) is 4.98 Å². The number of anilines is 4. The second-order valence-corrected chi connectivity index (χ2v) is 10.4. The van der Waals surface area contributed by atoms with Crippen LogP contribution in [0.2, 0.25) is 0 Å². The first-order valence-corrected chi connectivity index (χ1v) is 14.0. The standard InChI is InChI=1S/C34H34N4O3/c1-4-23(8-7-19-39)26-20-28(40)29-30(33(26)41)31(27-9-5-6-18-35-27)38-34(37-25-16-12-22(3)13-17-25)32(29)36-24-14-10-21(2)11-15-24/h5-6,9-18,20,23,36,39H,4,7-8,19H2,1-3H3,(H,37,38). The lowest BCUT2D eigenvalue weighted by Gasteiger charge is -2.27. The molecule has 208 valence electrons. The molecule has 0 aliphatic heterocycles. The zero-order valence-electron chi connectivity index (χ0n) is 23.6. The molecule has 0 radical (unpaired) electrons. The van der Waals surface area contributed by atoms with E-state index in [9.17, 15) is 14.7 Å². The van der Waals surface area contributed by atoms with Gasteiger partial charge in [0.1, 0.15) is 5.69 Å². The summed E-state index contributed by atoms with van der Waals surface area (Å²) in [5.74, 6) is -0.231. The Bertz CT molecular complexity index is 1590. The lowest BCUT2D eigenvalue weighted by atomic mass is 9.79. The summed E-state index contributed by atoms with van der Waals surface area (Å²) in [5.41, 5.74) is 6.04. The molecule has 0 spiro atoms. The van der Waals surface area contributed by atoms with E-state index in [2.05, 4.69) is 15.6 Å². The van der Waals surface area contributed by atoms with Crippen LogP contribution in [0.4, 0.5) is 22.9 Å². The fourth-order valence-electron chi connectivity index (χ4n) is 5.15. The number of nitrogens with one attached hydrogen (secondary N) is 2. The Kier molecular flexibility index (Phi) is 8.36. The van der Waals surface area contributed by atoms with E-state index in [1.165, 1.54) is 6.08 Å². The number of carbonyl (C=O) groups excluding carboxylic acids is 2. The molecule has 4 aromatic rings. The molecule has 2 aromatic heterocycles. The van der Waals surface area contributed by atoms with Crippen molar-refractivity contribution in [3.05, 3.63) is 107 Å². The van der Waals surface area contributed by atoms with Crippen LogP contribution in [0.3, 0.4) is 0 Å². The molecule has 2 aromatic carbocycles. The first kappa shape index (κ1) is 27.9. The summed E-state index contributed by atoms with van der Waals surface area (Å²) in [6.45, 7) is 6.05. The molecular formula is C34H34N4O3. The number of benzene rings is 2. The SMILES string of the molecule is CCC(CCCO)C1=CC(=O)c2c(Nc3ccc(C)cc3)c(Nc3ccc(C)cc3)nc(-c3ccccn3)c2C1=O. The van der Waals surface area contributed by atoms with Crippen LogP contribution in [0.15, 0.2) is 84.6 Å². The summed E-state index contributed by atoms with van der Waals surface area (Å²) < 4.78 is 0. The van der Waals surface area contributed by atoms with Gasteiger partial charge in [-0.05, 0) is 81.5 Å². The molecule has 1 aliphatic rings. The van der Waals surface area contributed by atoms with Crippen molar-refractivity contribution in [1.29, 1.82) is 0 Å². The number of aromatic nitrogens is 2. The van der Waals surface area contributed by atoms with Crippen LogP contribution < -0.4 is 10.6 Å². The van der Waals surface area contributed by atoms with E-state index < -0.39 is 0 Å². The number of aliphatic hydroxyl groups is 1. The van der Waals surface area contributed by atoms with Crippen molar-refractivity contribution in [2.75, 3.05) is 17.2 Å². The van der Waals surface area contributed by atoms with Gasteiger partial charge < -0.3 is 15.7 Å². The minimum Gasteiger partial charge on any atom is -0.396 e. The topological polar surface area (TPSA) is 104 Å². The molecule has 1 aliphatic carbocycles. The Balaban J connectivity index is 1.75. The molecule has 0 saturated heterocycles. The number of Topliss-reactive ketones (excluding diaryl/α,β-unsaturated/α-hetero) is 1. The number of aryl methyl sites for hydroxylation is 2. The van der Waals surface area contributed by atoms with E-state index in [1.807, 2.05) is 75.4 Å². The van der Waals surface area contributed by atoms with Gasteiger partial charge >= 0.3 is 0 Å². The van der Waals surface area contributed by atoms with E-state index in [0.717, 1.165) is 22.5 Å². The highest BCUT2D eigenvalue weighted by Gasteiger charge is 2.36. The summed E-state index contributed by atoms with van der Waals surface area (Å²) in [6.07, 6.45) is 4.97. The molecule has 5 rings (SSSR count). The number of ketones is 2. The van der Waals surface area contributed by atoms with Gasteiger partial charge in [-0.25, -0.2) is 4.98 Å². The summed E-state index contributed by atoms with van der Waals surface area (Å²) in [6, 6.07) is 21.1. The number of fused-ring (bicyclic) bond motifs is 1. The highest BCUT2D eigenvalue weighted by molar-refractivity contribution is 6.29. The first-order valence-electron chi connectivity index (χ1n) is 14.0. The molecule has 0 amide bonds. The number of rotatable bonds is 10. The minimum absolute atomic E-state index is 0.0297. The van der Waals surface area contributed by atoms with Gasteiger partial charge in [0.15, 0.2) is 17.4 Å². The second kappa shape index (κ2) is 12.3. The van der Waals surface area contributed by atoms with Crippen molar-refractivity contribution in [3.8, 4) is 11.4 Å². The molecular weight excluding hydrogens is 512 g/mol. The summed E-state index contributed by atoms with van der Waals surface area (Å²) in [4.78, 5) is 37.8. The molecule has 2 heterocycles. The van der Waals surface area contributed by atoms with Crippen molar-refractivity contribution in [1.82, 2.24) is 9.97 Å². The second-order valence-electron chi connectivity index (χ2n) is 10.4. The average molecular weight is 547 g/mol. The molecule has 0 fully saturated rings. The van der Waals surface area contributed by atoms with Crippen LogP contribution in [-0.4, -0.2) is 33.2 Å². The van der Waals surface area contributed by atoms with E-state index in [1.54, 1.807) is 18.3 Å². The van der Waals surface area contributed by atoms with Gasteiger partial charge in [0, 0.05) is 29.8 Å². The Morgan fingerprint density at radius 2 is 1.51 bits per heavy atom. The van der Waals surface area contributed by atoms with Gasteiger partial charge in [-0.2, -0.15) is 0 Å². The zero-order valence-corrected chi connectivity index (χ0v) is 23.6. The minimum atomic E-state index is -0.266. The van der Waals surface area contributed by atoms with Crippen LogP contribution in [0.5, 0.6) is 0 Å². The first-order chi connectivity index (χ1) is 19.9. The molecule has 0 bridgehead atoms. The van der Waals surface area contributed by atoms with E-state index in [0.29, 0.717) is 47.7 Å². The fraction of sp³-hybridized carbons (Fsp3) is 0.235. The van der Waals surface area contributed by atoms with E-state index >= 15 is 0 Å². The van der Waals surface area contributed by atoms with Crippen molar-refractivity contribution < 1.29 is 14.7 Å². The lowest BCUT2D eigenvalue weighted by molar-refractivity contribution is 0.0973. The predicted octanol–water partition coefficient (Wildman–Crippen LogP) is 7.35. The molecule has 41 heavy (non-hydrogen) atoms. The smallest absolute Gasteiger partial charge is 0.192 e. The van der Waals surface area contributed by atoms with Gasteiger partial charge in [0.05, 0.1) is 22.5 Å². The number of hydrogen-bond donors (Lipinski definition) is 3. The summed E-state index contributed by atoms with van der Waals surface area (Å²) in [5, 5.41) is 16.2. The van der Waals surface area contributed by atoms with Crippen LogP contribution in [-0.2, 0) is 0 Å². The van der Waals surface area contributed by atoms with E-state index in [-0.39, 0.29) is 35.2 Å². The largest absolute Gasteiger partial charge is 0.396 e. The van der Waals surface area contributed by atoms with Crippen molar-refractivity contribution >= 4 is 34.4 Å². The number of hydrogen-bond acceptors (Lipinski definition) is 7.